The molecule has 0 unspecified atom stereocenters. The van der Waals surface area contributed by atoms with Crippen molar-refractivity contribution in [2.24, 2.45) is 5.11 Å². The summed E-state index contributed by atoms with van der Waals surface area (Å²) in [5, 5.41) is 39.6. The van der Waals surface area contributed by atoms with Crippen LogP contribution in [0.3, 0.4) is 0 Å². The highest BCUT2D eigenvalue weighted by molar-refractivity contribution is 7.92. The number of azide groups is 1. The molecule has 0 bridgehead atoms. The van der Waals surface area contributed by atoms with Gasteiger partial charge in [-0.25, -0.2) is 8.42 Å². The minimum atomic E-state index is -4.66. The molecular weight excluding hydrogens is 342 g/mol. The quantitative estimate of drug-likeness (QED) is 0.309. The first-order chi connectivity index (χ1) is 11.2. The van der Waals surface area contributed by atoms with Crippen molar-refractivity contribution >= 4 is 9.84 Å². The predicted molar refractivity (Wildman–Crippen MR) is 80.2 cm³/mol. The molecule has 1 fully saturated rings. The fourth-order valence-electron chi connectivity index (χ4n) is 2.43. The number of ether oxygens (including phenoxy) is 1. The Morgan fingerprint density at radius 1 is 1.29 bits per heavy atom. The highest BCUT2D eigenvalue weighted by Gasteiger charge is 2.60. The zero-order valence-corrected chi connectivity index (χ0v) is 13.4. The third-order valence-electron chi connectivity index (χ3n) is 3.82. The second-order valence-corrected chi connectivity index (χ2v) is 7.48. The first-order valence-corrected chi connectivity index (χ1v) is 8.40. The Balaban J connectivity index is 2.60. The lowest BCUT2D eigenvalue weighted by atomic mass is 9.97. The highest BCUT2D eigenvalue weighted by atomic mass is 32.2. The van der Waals surface area contributed by atoms with E-state index in [0.29, 0.717) is 0 Å². The Hall–Kier alpha value is -1.72. The van der Waals surface area contributed by atoms with Gasteiger partial charge in [0.1, 0.15) is 18.2 Å². The molecule has 0 radical (unpaired) electrons. The van der Waals surface area contributed by atoms with Crippen LogP contribution in [-0.4, -0.2) is 64.9 Å². The van der Waals surface area contributed by atoms with Crippen molar-refractivity contribution in [3.63, 3.8) is 0 Å². The largest absolute Gasteiger partial charge is 0.394 e. The molecule has 1 aliphatic heterocycles. The Bertz CT molecular complexity index is 747. The van der Waals surface area contributed by atoms with Crippen LogP contribution in [0.25, 0.3) is 10.4 Å². The lowest BCUT2D eigenvalue weighted by molar-refractivity contribution is -0.271. The van der Waals surface area contributed by atoms with E-state index < -0.39 is 45.9 Å². The first-order valence-electron chi connectivity index (χ1n) is 6.91. The van der Waals surface area contributed by atoms with Crippen LogP contribution in [0.4, 0.5) is 0 Å². The summed E-state index contributed by atoms with van der Waals surface area (Å²) in [6.45, 7) is 0.861. The lowest BCUT2D eigenvalue weighted by Crippen LogP contribution is -2.67. The van der Waals surface area contributed by atoms with E-state index in [9.17, 15) is 28.8 Å². The molecule has 0 aliphatic carbocycles. The van der Waals surface area contributed by atoms with Gasteiger partial charge in [0, 0.05) is 4.91 Å². The molecule has 0 saturated carbocycles. The maximum atomic E-state index is 12.8. The summed E-state index contributed by atoms with van der Waals surface area (Å²) < 4.78 is 30.5. The normalized spacial score (nSPS) is 33.7. The minimum absolute atomic E-state index is 0.339. The van der Waals surface area contributed by atoms with E-state index in [1.54, 1.807) is 6.92 Å². The van der Waals surface area contributed by atoms with Crippen LogP contribution in [0.15, 0.2) is 34.3 Å². The van der Waals surface area contributed by atoms with Crippen LogP contribution in [0, 0.1) is 6.92 Å². The topological polar surface area (TPSA) is 173 Å². The zero-order valence-electron chi connectivity index (χ0n) is 12.6. The summed E-state index contributed by atoms with van der Waals surface area (Å²) in [6, 6.07) is 3.36. The number of benzene rings is 1. The Labute approximate surface area is 137 Å². The zero-order chi connectivity index (χ0) is 18.1. The summed E-state index contributed by atoms with van der Waals surface area (Å²) in [7, 11) is -4.66. The molecule has 5 atom stereocenters. The van der Waals surface area contributed by atoms with Gasteiger partial charge in [0.25, 0.3) is 5.12 Å². The van der Waals surface area contributed by atoms with E-state index in [4.69, 9.17) is 10.3 Å². The van der Waals surface area contributed by atoms with Gasteiger partial charge in [-0.3, -0.25) is 0 Å². The summed E-state index contributed by atoms with van der Waals surface area (Å²) in [4.78, 5) is 2.06. The predicted octanol–water partition coefficient (Wildman–Crippen LogP) is -0.793. The molecule has 1 saturated heterocycles. The van der Waals surface area contributed by atoms with Crippen molar-refractivity contribution < 1.29 is 33.6 Å². The monoisotopic (exact) mass is 359 g/mol. The molecule has 4 N–H and O–H groups in total. The fourth-order valence-corrected chi connectivity index (χ4v) is 4.02. The minimum Gasteiger partial charge on any atom is -0.394 e. The summed E-state index contributed by atoms with van der Waals surface area (Å²) >= 11 is 0. The van der Waals surface area contributed by atoms with Crippen LogP contribution in [-0.2, 0) is 14.6 Å². The van der Waals surface area contributed by atoms with Crippen molar-refractivity contribution in [3.05, 3.63) is 40.3 Å². The van der Waals surface area contributed by atoms with Crippen LogP contribution in [0.2, 0.25) is 0 Å². The molecule has 24 heavy (non-hydrogen) atoms. The van der Waals surface area contributed by atoms with Gasteiger partial charge in [-0.15, -0.1) is 0 Å². The number of hydrogen-bond donors (Lipinski definition) is 4. The van der Waals surface area contributed by atoms with Gasteiger partial charge in [-0.05, 0) is 24.6 Å². The van der Waals surface area contributed by atoms with Gasteiger partial charge in [-0.1, -0.05) is 22.8 Å². The van der Waals surface area contributed by atoms with Crippen LogP contribution in [0.5, 0.6) is 0 Å². The second kappa shape index (κ2) is 6.65. The van der Waals surface area contributed by atoms with Gasteiger partial charge >= 0.3 is 0 Å². The Morgan fingerprint density at radius 3 is 2.38 bits per heavy atom. The summed E-state index contributed by atoms with van der Waals surface area (Å²) in [5.74, 6) is 0. The third-order valence-corrected chi connectivity index (χ3v) is 5.82. The summed E-state index contributed by atoms with van der Waals surface area (Å²) in [5.41, 5.74) is 9.37. The van der Waals surface area contributed by atoms with Crippen molar-refractivity contribution in [1.82, 2.24) is 0 Å². The molecule has 0 aromatic heterocycles. The first kappa shape index (κ1) is 18.6. The molecule has 11 heteroatoms. The number of aryl methyl sites for hydroxylation is 1. The van der Waals surface area contributed by atoms with Crippen LogP contribution >= 0.6 is 0 Å². The molecule has 0 spiro atoms. The Kier molecular flexibility index (Phi) is 5.16. The van der Waals surface area contributed by atoms with E-state index in [1.165, 1.54) is 24.3 Å². The average molecular weight is 359 g/mol. The maximum Gasteiger partial charge on any atom is 0.287 e. The number of aliphatic hydroxyl groups is 4. The highest BCUT2D eigenvalue weighted by Crippen LogP contribution is 2.38. The number of nitrogens with zero attached hydrogens (tertiary/aromatic N) is 3. The van der Waals surface area contributed by atoms with Crippen molar-refractivity contribution in [2.45, 2.75) is 41.3 Å². The number of aliphatic hydroxyl groups excluding tert-OH is 3. The fraction of sp³-hybridized carbons (Fsp3) is 0.538. The SMILES string of the molecule is Cc1ccc(S(=O)(=O)[C@@]2(O)O[C@H](CO)[C@@H](O)[C@H](O)[C@H]2N=[N+]=[N-])cc1. The van der Waals surface area contributed by atoms with Gasteiger partial charge in [-0.2, -0.15) is 0 Å². The standard InChI is InChI=1S/C13H17N3O7S/c1-7-2-4-8(5-3-7)24(21,22)13(20)12(15-16-14)11(19)10(18)9(6-17)23-13/h2-5,9-12,17-20H,6H2,1H3/t9-,10-,11+,12-,13+/m1/s1. The maximum absolute atomic E-state index is 12.8. The van der Waals surface area contributed by atoms with E-state index >= 15 is 0 Å². The molecular formula is C13H17N3O7S. The van der Waals surface area contributed by atoms with E-state index in [1.807, 2.05) is 0 Å². The second-order valence-electron chi connectivity index (χ2n) is 5.42. The molecule has 10 nitrogen and oxygen atoms in total. The van der Waals surface area contributed by atoms with Crippen molar-refractivity contribution in [3.8, 4) is 0 Å². The van der Waals surface area contributed by atoms with Crippen molar-refractivity contribution in [1.29, 1.82) is 0 Å². The van der Waals surface area contributed by atoms with E-state index in [0.717, 1.165) is 5.56 Å². The van der Waals surface area contributed by atoms with Gasteiger partial charge in [0.15, 0.2) is 0 Å². The van der Waals surface area contributed by atoms with E-state index in [-0.39, 0.29) is 4.90 Å². The number of rotatable bonds is 4. The molecule has 1 aromatic rings. The van der Waals surface area contributed by atoms with Gasteiger partial charge in [0.2, 0.25) is 9.84 Å². The molecule has 2 rings (SSSR count). The summed E-state index contributed by atoms with van der Waals surface area (Å²) in [6.07, 6.45) is -5.30. The number of sulfone groups is 1. The lowest BCUT2D eigenvalue weighted by Gasteiger charge is -2.44. The Morgan fingerprint density at radius 2 is 1.88 bits per heavy atom. The molecule has 132 valence electrons. The van der Waals surface area contributed by atoms with Crippen LogP contribution < -0.4 is 0 Å². The van der Waals surface area contributed by atoms with E-state index in [2.05, 4.69) is 10.0 Å². The van der Waals surface area contributed by atoms with Gasteiger partial charge < -0.3 is 25.2 Å². The molecule has 1 heterocycles. The van der Waals surface area contributed by atoms with Crippen molar-refractivity contribution in [2.75, 3.05) is 6.61 Å². The molecule has 0 amide bonds. The number of hydrogen-bond acceptors (Lipinski definition) is 8. The molecule has 1 aliphatic rings. The molecule has 1 aromatic carbocycles. The smallest absolute Gasteiger partial charge is 0.287 e. The third kappa shape index (κ3) is 2.87. The van der Waals surface area contributed by atoms with Crippen LogP contribution in [0.1, 0.15) is 5.56 Å². The average Bonchev–Trinajstić information content (AvgIpc) is 2.55. The van der Waals surface area contributed by atoms with Gasteiger partial charge in [0.05, 0.1) is 17.6 Å².